The predicted molar refractivity (Wildman–Crippen MR) is 79.2 cm³/mol. The Labute approximate surface area is 132 Å². The Morgan fingerprint density at radius 1 is 1.04 bits per heavy atom. The first-order valence-electron chi connectivity index (χ1n) is 6.93. The molecule has 2 heterocycles. The highest BCUT2D eigenvalue weighted by atomic mass is 32.2. The fourth-order valence-corrected chi connectivity index (χ4v) is 3.42. The number of hydrogen-bond donors (Lipinski definition) is 1. The molecule has 0 aromatic heterocycles. The molecule has 2 aromatic rings. The average molecular weight is 337 g/mol. The van der Waals surface area contributed by atoms with Gasteiger partial charge in [0.25, 0.3) is 0 Å². The van der Waals surface area contributed by atoms with Gasteiger partial charge in [0.1, 0.15) is 19.0 Å². The molecule has 0 saturated carbocycles. The third-order valence-corrected chi connectivity index (χ3v) is 4.50. The molecule has 1 N–H and O–H groups in total. The summed E-state index contributed by atoms with van der Waals surface area (Å²) in [7, 11) is -3.89. The molecule has 2 aliphatic heterocycles. The predicted octanol–water partition coefficient (Wildman–Crippen LogP) is 1.99. The molecule has 23 heavy (non-hydrogen) atoms. The summed E-state index contributed by atoms with van der Waals surface area (Å²) in [5, 5.41) is 0. The zero-order chi connectivity index (χ0) is 16.0. The van der Waals surface area contributed by atoms with Crippen molar-refractivity contribution >= 4 is 10.3 Å². The topological polar surface area (TPSA) is 73.9 Å². The van der Waals surface area contributed by atoms with Crippen LogP contribution in [0.2, 0.25) is 0 Å². The number of fused-ring (bicyclic) bond motifs is 2. The van der Waals surface area contributed by atoms with Crippen molar-refractivity contribution in [1.82, 2.24) is 4.72 Å². The third-order valence-electron chi connectivity index (χ3n) is 3.62. The summed E-state index contributed by atoms with van der Waals surface area (Å²) in [6.07, 6.45) is 0. The van der Waals surface area contributed by atoms with Gasteiger partial charge in [-0.2, -0.15) is 13.1 Å². The molecule has 0 unspecified atom stereocenters. The molecule has 120 valence electrons. The second kappa shape index (κ2) is 5.10. The van der Waals surface area contributed by atoms with E-state index in [1.807, 2.05) is 0 Å². The maximum absolute atomic E-state index is 13.9. The maximum atomic E-state index is 13.9. The Morgan fingerprint density at radius 3 is 2.65 bits per heavy atom. The first-order chi connectivity index (χ1) is 11.0. The minimum absolute atomic E-state index is 0.0209. The van der Waals surface area contributed by atoms with Crippen LogP contribution in [0.25, 0.3) is 11.1 Å². The first kappa shape index (κ1) is 14.3. The van der Waals surface area contributed by atoms with Gasteiger partial charge in [-0.3, -0.25) is 0 Å². The van der Waals surface area contributed by atoms with E-state index in [9.17, 15) is 12.8 Å². The van der Waals surface area contributed by atoms with Gasteiger partial charge in [-0.25, -0.2) is 4.39 Å². The van der Waals surface area contributed by atoms with Crippen molar-refractivity contribution in [2.45, 2.75) is 6.54 Å². The van der Waals surface area contributed by atoms with E-state index >= 15 is 0 Å². The Balaban J connectivity index is 1.87. The van der Waals surface area contributed by atoms with E-state index in [0.29, 0.717) is 41.4 Å². The first-order valence-corrected chi connectivity index (χ1v) is 8.34. The zero-order valence-electron chi connectivity index (χ0n) is 11.8. The number of hydrogen-bond acceptors (Lipinski definition) is 5. The van der Waals surface area contributed by atoms with Gasteiger partial charge in [-0.1, -0.05) is 6.07 Å². The van der Waals surface area contributed by atoms with Crippen molar-refractivity contribution in [1.29, 1.82) is 0 Å². The Hall–Kier alpha value is -2.32. The smallest absolute Gasteiger partial charge is 0.382 e. The van der Waals surface area contributed by atoms with Crippen molar-refractivity contribution in [3.63, 3.8) is 0 Å². The monoisotopic (exact) mass is 337 g/mol. The van der Waals surface area contributed by atoms with Gasteiger partial charge < -0.3 is 13.7 Å². The number of ether oxygens (including phenoxy) is 2. The van der Waals surface area contributed by atoms with Crippen LogP contribution in [-0.2, 0) is 16.8 Å². The fraction of sp³-hybridized carbons (Fsp3) is 0.200. The maximum Gasteiger partial charge on any atom is 0.382 e. The van der Waals surface area contributed by atoms with Crippen molar-refractivity contribution in [2.75, 3.05) is 13.2 Å². The van der Waals surface area contributed by atoms with Crippen LogP contribution in [0.5, 0.6) is 17.2 Å². The van der Waals surface area contributed by atoms with Crippen LogP contribution in [0, 0.1) is 5.82 Å². The minimum atomic E-state index is -3.89. The van der Waals surface area contributed by atoms with Gasteiger partial charge in [0.2, 0.25) is 0 Å². The average Bonchev–Trinajstić information content (AvgIpc) is 2.54. The lowest BCUT2D eigenvalue weighted by molar-refractivity contribution is 0.171. The molecule has 0 spiro atoms. The summed E-state index contributed by atoms with van der Waals surface area (Å²) in [4.78, 5) is 0. The Morgan fingerprint density at radius 2 is 1.83 bits per heavy atom. The van der Waals surface area contributed by atoms with Gasteiger partial charge in [0.05, 0.1) is 0 Å². The molecule has 0 radical (unpaired) electrons. The van der Waals surface area contributed by atoms with Crippen LogP contribution < -0.4 is 18.4 Å². The van der Waals surface area contributed by atoms with Gasteiger partial charge in [-0.15, -0.1) is 0 Å². The van der Waals surface area contributed by atoms with E-state index in [1.165, 1.54) is 12.1 Å². The van der Waals surface area contributed by atoms with Crippen LogP contribution in [0.4, 0.5) is 4.39 Å². The largest absolute Gasteiger partial charge is 0.486 e. The normalized spacial score (nSPS) is 18.0. The zero-order valence-corrected chi connectivity index (χ0v) is 12.7. The number of nitrogens with one attached hydrogen (secondary N) is 1. The molecular formula is C15H12FNO5S. The van der Waals surface area contributed by atoms with E-state index in [-0.39, 0.29) is 12.3 Å². The second-order valence-corrected chi connectivity index (χ2v) is 6.52. The Kier molecular flexibility index (Phi) is 3.17. The number of halogens is 1. The summed E-state index contributed by atoms with van der Waals surface area (Å²) in [5.41, 5.74) is 1.37. The standard InChI is InChI=1S/C15H12FNO5S/c16-11-5-10-8-17-23(18,19)22-15(10)12(7-11)9-1-2-13-14(6-9)21-4-3-20-13/h1-2,5-7,17H,3-4,8H2. The SMILES string of the molecule is O=S1(=O)NCc2cc(F)cc(-c3ccc4c(c3)OCCO4)c2O1. The van der Waals surface area contributed by atoms with E-state index in [4.69, 9.17) is 13.7 Å². The van der Waals surface area contributed by atoms with Crippen LogP contribution in [0.3, 0.4) is 0 Å². The molecule has 0 atom stereocenters. The molecule has 8 heteroatoms. The molecule has 0 aliphatic carbocycles. The van der Waals surface area contributed by atoms with Gasteiger partial charge in [0, 0.05) is 17.7 Å². The van der Waals surface area contributed by atoms with Gasteiger partial charge in [-0.05, 0) is 29.8 Å². The number of rotatable bonds is 1. The van der Waals surface area contributed by atoms with Crippen molar-refractivity contribution in [3.05, 3.63) is 41.7 Å². The van der Waals surface area contributed by atoms with Crippen LogP contribution in [-0.4, -0.2) is 21.6 Å². The highest BCUT2D eigenvalue weighted by Crippen LogP contribution is 2.41. The molecule has 0 bridgehead atoms. The molecule has 2 aromatic carbocycles. The molecule has 6 nitrogen and oxygen atoms in total. The molecule has 4 rings (SSSR count). The lowest BCUT2D eigenvalue weighted by Gasteiger charge is -2.22. The van der Waals surface area contributed by atoms with E-state index in [0.717, 1.165) is 0 Å². The summed E-state index contributed by atoms with van der Waals surface area (Å²) < 4.78 is 55.4. The van der Waals surface area contributed by atoms with Crippen molar-refractivity contribution < 1.29 is 26.5 Å². The number of benzene rings is 2. The molecule has 0 fully saturated rings. The van der Waals surface area contributed by atoms with Crippen LogP contribution in [0.15, 0.2) is 30.3 Å². The fourth-order valence-electron chi connectivity index (χ4n) is 2.61. The quantitative estimate of drug-likeness (QED) is 0.861. The lowest BCUT2D eigenvalue weighted by Crippen LogP contribution is -2.32. The van der Waals surface area contributed by atoms with E-state index in [1.54, 1.807) is 18.2 Å². The van der Waals surface area contributed by atoms with E-state index in [2.05, 4.69) is 4.72 Å². The van der Waals surface area contributed by atoms with Crippen molar-refractivity contribution in [2.24, 2.45) is 0 Å². The highest BCUT2D eigenvalue weighted by Gasteiger charge is 2.26. The van der Waals surface area contributed by atoms with Crippen LogP contribution in [0.1, 0.15) is 5.56 Å². The molecular weight excluding hydrogens is 325 g/mol. The summed E-state index contributed by atoms with van der Waals surface area (Å²) in [6, 6.07) is 7.59. The minimum Gasteiger partial charge on any atom is -0.486 e. The molecule has 2 aliphatic rings. The van der Waals surface area contributed by atoms with Gasteiger partial charge >= 0.3 is 10.3 Å². The van der Waals surface area contributed by atoms with E-state index < -0.39 is 16.1 Å². The van der Waals surface area contributed by atoms with Gasteiger partial charge in [0.15, 0.2) is 17.2 Å². The Bertz CT molecular complexity index is 897. The van der Waals surface area contributed by atoms with Crippen molar-refractivity contribution in [3.8, 4) is 28.4 Å². The molecule has 0 saturated heterocycles. The lowest BCUT2D eigenvalue weighted by atomic mass is 10.0. The summed E-state index contributed by atoms with van der Waals surface area (Å²) >= 11 is 0. The third kappa shape index (κ3) is 2.60. The summed E-state index contributed by atoms with van der Waals surface area (Å²) in [6.45, 7) is 0.869. The highest BCUT2D eigenvalue weighted by molar-refractivity contribution is 7.85. The summed E-state index contributed by atoms with van der Waals surface area (Å²) in [5.74, 6) is 0.782. The van der Waals surface area contributed by atoms with Crippen LogP contribution >= 0.6 is 0 Å². The second-order valence-electron chi connectivity index (χ2n) is 5.16. The molecule has 0 amide bonds.